The van der Waals surface area contributed by atoms with Crippen molar-refractivity contribution in [3.05, 3.63) is 18.2 Å². The highest BCUT2D eigenvalue weighted by atomic mass is 32.2. The molecular formula is C15H25N3O2S. The molecule has 0 aliphatic heterocycles. The smallest absolute Gasteiger partial charge is 0.242 e. The molecule has 21 heavy (non-hydrogen) atoms. The summed E-state index contributed by atoms with van der Waals surface area (Å²) in [5.74, 6) is 0. The first-order valence-electron chi connectivity index (χ1n) is 7.46. The maximum atomic E-state index is 12.3. The molecule has 0 bridgehead atoms. The number of nitrogens with zero attached hydrogens (tertiary/aromatic N) is 2. The zero-order valence-corrected chi connectivity index (χ0v) is 13.9. The molecule has 0 heterocycles. The number of nitrogen functional groups attached to an aromatic ring is 1. The SMILES string of the molecule is CCN(c1cc(S(=O)(=O)N(C)C)ccc1N)C1CCCC1. The molecule has 0 atom stereocenters. The topological polar surface area (TPSA) is 66.6 Å². The fourth-order valence-corrected chi connectivity index (χ4v) is 3.91. The molecule has 1 aliphatic carbocycles. The first-order valence-corrected chi connectivity index (χ1v) is 8.90. The molecule has 0 unspecified atom stereocenters. The van der Waals surface area contributed by atoms with Crippen LogP contribution in [0.25, 0.3) is 0 Å². The fourth-order valence-electron chi connectivity index (χ4n) is 2.98. The monoisotopic (exact) mass is 311 g/mol. The summed E-state index contributed by atoms with van der Waals surface area (Å²) in [5.41, 5.74) is 7.58. The van der Waals surface area contributed by atoms with Gasteiger partial charge in [0.2, 0.25) is 10.0 Å². The molecule has 2 N–H and O–H groups in total. The van der Waals surface area contributed by atoms with Crippen LogP contribution in [0.4, 0.5) is 11.4 Å². The quantitative estimate of drug-likeness (QED) is 0.847. The second kappa shape index (κ2) is 6.23. The Morgan fingerprint density at radius 2 is 1.86 bits per heavy atom. The van der Waals surface area contributed by atoms with Crippen LogP contribution in [0.2, 0.25) is 0 Å². The lowest BCUT2D eigenvalue weighted by molar-refractivity contribution is 0.520. The molecule has 1 saturated carbocycles. The van der Waals surface area contributed by atoms with Crippen LogP contribution < -0.4 is 10.6 Å². The third-order valence-electron chi connectivity index (χ3n) is 4.20. The molecule has 2 rings (SSSR count). The van der Waals surface area contributed by atoms with Crippen LogP contribution in [-0.4, -0.2) is 39.4 Å². The molecule has 0 amide bonds. The summed E-state index contributed by atoms with van der Waals surface area (Å²) >= 11 is 0. The predicted octanol–water partition coefficient (Wildman–Crippen LogP) is 2.29. The van der Waals surface area contributed by atoms with Gasteiger partial charge in [0.1, 0.15) is 0 Å². The molecule has 1 aromatic rings. The maximum Gasteiger partial charge on any atom is 0.242 e. The van der Waals surface area contributed by atoms with Crippen LogP contribution in [-0.2, 0) is 10.0 Å². The van der Waals surface area contributed by atoms with Gasteiger partial charge in [-0.2, -0.15) is 0 Å². The first-order chi connectivity index (χ1) is 9.87. The predicted molar refractivity (Wildman–Crippen MR) is 87.0 cm³/mol. The van der Waals surface area contributed by atoms with Gasteiger partial charge in [-0.15, -0.1) is 0 Å². The number of benzene rings is 1. The Bertz CT molecular complexity index is 593. The third kappa shape index (κ3) is 3.16. The standard InChI is InChI=1S/C15H25N3O2S/c1-4-18(12-7-5-6-8-12)15-11-13(9-10-14(15)16)21(19,20)17(2)3/h9-12H,4-8,16H2,1-3H3. The molecular weight excluding hydrogens is 286 g/mol. The molecule has 1 fully saturated rings. The lowest BCUT2D eigenvalue weighted by Crippen LogP contribution is -2.34. The number of hydrogen-bond acceptors (Lipinski definition) is 4. The van der Waals surface area contributed by atoms with Crippen molar-refractivity contribution >= 4 is 21.4 Å². The van der Waals surface area contributed by atoms with E-state index in [1.807, 2.05) is 0 Å². The molecule has 0 saturated heterocycles. The second-order valence-corrected chi connectivity index (χ2v) is 7.88. The Morgan fingerprint density at radius 1 is 1.24 bits per heavy atom. The first kappa shape index (κ1) is 16.1. The van der Waals surface area contributed by atoms with Crippen molar-refractivity contribution in [1.29, 1.82) is 0 Å². The lowest BCUT2D eigenvalue weighted by Gasteiger charge is -2.31. The highest BCUT2D eigenvalue weighted by Gasteiger charge is 2.25. The lowest BCUT2D eigenvalue weighted by atomic mass is 10.1. The van der Waals surface area contributed by atoms with Gasteiger partial charge in [-0.25, -0.2) is 12.7 Å². The van der Waals surface area contributed by atoms with Crippen molar-refractivity contribution in [3.63, 3.8) is 0 Å². The Morgan fingerprint density at radius 3 is 2.38 bits per heavy atom. The van der Waals surface area contributed by atoms with E-state index in [9.17, 15) is 8.42 Å². The Balaban J connectivity index is 2.43. The number of nitrogens with two attached hydrogens (primary N) is 1. The summed E-state index contributed by atoms with van der Waals surface area (Å²) in [6.07, 6.45) is 4.77. The summed E-state index contributed by atoms with van der Waals surface area (Å²) in [7, 11) is -0.347. The maximum absolute atomic E-state index is 12.3. The molecule has 1 aromatic carbocycles. The minimum Gasteiger partial charge on any atom is -0.397 e. The number of sulfonamides is 1. The third-order valence-corrected chi connectivity index (χ3v) is 6.01. The summed E-state index contributed by atoms with van der Waals surface area (Å²) < 4.78 is 25.8. The molecule has 0 radical (unpaired) electrons. The Kier molecular flexibility index (Phi) is 4.78. The summed E-state index contributed by atoms with van der Waals surface area (Å²) in [5, 5.41) is 0. The summed E-state index contributed by atoms with van der Waals surface area (Å²) in [4.78, 5) is 2.55. The highest BCUT2D eigenvalue weighted by molar-refractivity contribution is 7.89. The van der Waals surface area contributed by atoms with E-state index in [0.717, 1.165) is 25.1 Å². The fraction of sp³-hybridized carbons (Fsp3) is 0.600. The van der Waals surface area contributed by atoms with Gasteiger partial charge in [0.05, 0.1) is 16.3 Å². The van der Waals surface area contributed by atoms with Gasteiger partial charge >= 0.3 is 0 Å². The van der Waals surface area contributed by atoms with Gasteiger partial charge in [0.15, 0.2) is 0 Å². The Hall–Kier alpha value is -1.27. The zero-order valence-electron chi connectivity index (χ0n) is 13.0. The van der Waals surface area contributed by atoms with E-state index in [-0.39, 0.29) is 0 Å². The van der Waals surface area contributed by atoms with Crippen LogP contribution in [0.1, 0.15) is 32.6 Å². The minimum absolute atomic E-state index is 0.299. The van der Waals surface area contributed by atoms with Crippen molar-refractivity contribution in [3.8, 4) is 0 Å². The summed E-state index contributed by atoms with van der Waals surface area (Å²) in [6, 6.07) is 5.46. The van der Waals surface area contributed by atoms with Crippen molar-refractivity contribution in [1.82, 2.24) is 4.31 Å². The van der Waals surface area contributed by atoms with E-state index in [1.54, 1.807) is 32.3 Å². The van der Waals surface area contributed by atoms with E-state index in [0.29, 0.717) is 16.6 Å². The number of anilines is 2. The van der Waals surface area contributed by atoms with E-state index in [2.05, 4.69) is 11.8 Å². The van der Waals surface area contributed by atoms with Crippen LogP contribution in [0.3, 0.4) is 0 Å². The van der Waals surface area contributed by atoms with Gasteiger partial charge in [0.25, 0.3) is 0 Å². The van der Waals surface area contributed by atoms with Crippen molar-refractivity contribution < 1.29 is 8.42 Å². The summed E-state index contributed by atoms with van der Waals surface area (Å²) in [6.45, 7) is 2.92. The minimum atomic E-state index is -3.43. The molecule has 5 nitrogen and oxygen atoms in total. The molecule has 6 heteroatoms. The normalized spacial score (nSPS) is 16.6. The van der Waals surface area contributed by atoms with E-state index >= 15 is 0 Å². The zero-order chi connectivity index (χ0) is 15.6. The van der Waals surface area contributed by atoms with Crippen LogP contribution in [0.5, 0.6) is 0 Å². The van der Waals surface area contributed by atoms with Gasteiger partial charge < -0.3 is 10.6 Å². The number of rotatable bonds is 5. The van der Waals surface area contributed by atoms with Crippen LogP contribution in [0.15, 0.2) is 23.1 Å². The largest absolute Gasteiger partial charge is 0.397 e. The van der Waals surface area contributed by atoms with E-state index in [1.165, 1.54) is 17.1 Å². The van der Waals surface area contributed by atoms with Crippen LogP contribution >= 0.6 is 0 Å². The molecule has 118 valence electrons. The van der Waals surface area contributed by atoms with E-state index < -0.39 is 10.0 Å². The highest BCUT2D eigenvalue weighted by Crippen LogP contribution is 2.33. The Labute approximate surface area is 127 Å². The molecule has 0 aromatic heterocycles. The van der Waals surface area contributed by atoms with E-state index in [4.69, 9.17) is 5.73 Å². The number of hydrogen-bond donors (Lipinski definition) is 1. The molecule has 0 spiro atoms. The van der Waals surface area contributed by atoms with Gasteiger partial charge in [-0.1, -0.05) is 12.8 Å². The van der Waals surface area contributed by atoms with Crippen molar-refractivity contribution in [2.45, 2.75) is 43.5 Å². The van der Waals surface area contributed by atoms with Crippen molar-refractivity contribution in [2.75, 3.05) is 31.3 Å². The van der Waals surface area contributed by atoms with Gasteiger partial charge in [-0.05, 0) is 38.0 Å². The van der Waals surface area contributed by atoms with Gasteiger partial charge in [0, 0.05) is 26.7 Å². The van der Waals surface area contributed by atoms with Crippen molar-refractivity contribution in [2.24, 2.45) is 0 Å². The average molecular weight is 311 g/mol. The van der Waals surface area contributed by atoms with Gasteiger partial charge in [-0.3, -0.25) is 0 Å². The van der Waals surface area contributed by atoms with Crippen LogP contribution in [0, 0.1) is 0 Å². The second-order valence-electron chi connectivity index (χ2n) is 5.73. The average Bonchev–Trinajstić information content (AvgIpc) is 2.95. The molecule has 1 aliphatic rings.